The zero-order valence-corrected chi connectivity index (χ0v) is 16.7. The van der Waals surface area contributed by atoms with E-state index in [-0.39, 0.29) is 5.91 Å². The standard InChI is InChI=1S/C21H24N4OS/c1-16-7-4-5-10-19(16)25-12-11-22-21(25)27-15-20(26)23-18-9-6-8-17(13-18)14-24(2)3/h4-13H,14-15H2,1-3H3,(H,23,26). The van der Waals surface area contributed by atoms with E-state index in [0.717, 1.165) is 23.1 Å². The third kappa shape index (κ3) is 5.21. The molecule has 5 nitrogen and oxygen atoms in total. The molecule has 0 bridgehead atoms. The smallest absolute Gasteiger partial charge is 0.234 e. The highest BCUT2D eigenvalue weighted by molar-refractivity contribution is 7.99. The van der Waals surface area contributed by atoms with Crippen molar-refractivity contribution in [3.8, 4) is 5.69 Å². The van der Waals surface area contributed by atoms with Crippen molar-refractivity contribution in [2.45, 2.75) is 18.6 Å². The van der Waals surface area contributed by atoms with E-state index in [2.05, 4.69) is 40.3 Å². The minimum atomic E-state index is -0.0404. The summed E-state index contributed by atoms with van der Waals surface area (Å²) in [6, 6.07) is 16.1. The molecule has 0 unspecified atom stereocenters. The SMILES string of the molecule is Cc1ccccc1-n1ccnc1SCC(=O)Nc1cccc(CN(C)C)c1. The number of hydrogen-bond donors (Lipinski definition) is 1. The van der Waals surface area contributed by atoms with Crippen molar-refractivity contribution >= 4 is 23.4 Å². The third-order valence-electron chi connectivity index (χ3n) is 4.02. The second-order valence-electron chi connectivity index (χ2n) is 6.64. The van der Waals surface area contributed by atoms with Crippen molar-refractivity contribution in [3.63, 3.8) is 0 Å². The Morgan fingerprint density at radius 3 is 2.78 bits per heavy atom. The fraction of sp³-hybridized carbons (Fsp3) is 0.238. The third-order valence-corrected chi connectivity index (χ3v) is 4.99. The molecule has 140 valence electrons. The lowest BCUT2D eigenvalue weighted by atomic mass is 10.2. The number of amides is 1. The second-order valence-corrected chi connectivity index (χ2v) is 7.58. The number of thioether (sulfide) groups is 1. The molecule has 0 aliphatic rings. The van der Waals surface area contributed by atoms with E-state index in [9.17, 15) is 4.79 Å². The van der Waals surface area contributed by atoms with E-state index in [1.165, 1.54) is 22.9 Å². The van der Waals surface area contributed by atoms with Gasteiger partial charge in [-0.1, -0.05) is 42.1 Å². The van der Waals surface area contributed by atoms with E-state index in [4.69, 9.17) is 0 Å². The minimum absolute atomic E-state index is 0.0404. The molecule has 0 fully saturated rings. The second kappa shape index (κ2) is 8.88. The summed E-state index contributed by atoms with van der Waals surface area (Å²) in [5, 5.41) is 3.78. The summed E-state index contributed by atoms with van der Waals surface area (Å²) in [4.78, 5) is 18.9. The molecule has 6 heteroatoms. The maximum absolute atomic E-state index is 12.4. The van der Waals surface area contributed by atoms with Crippen molar-refractivity contribution in [2.24, 2.45) is 0 Å². The number of aryl methyl sites for hydroxylation is 1. The Bertz CT molecular complexity index is 920. The summed E-state index contributed by atoms with van der Waals surface area (Å²) >= 11 is 1.43. The zero-order chi connectivity index (χ0) is 19.2. The van der Waals surface area contributed by atoms with Gasteiger partial charge < -0.3 is 10.2 Å². The molecule has 0 atom stereocenters. The van der Waals surface area contributed by atoms with Gasteiger partial charge in [0.2, 0.25) is 5.91 Å². The molecule has 0 spiro atoms. The van der Waals surface area contributed by atoms with Crippen molar-refractivity contribution in [1.29, 1.82) is 0 Å². The largest absolute Gasteiger partial charge is 0.325 e. The van der Waals surface area contributed by atoms with Crippen LogP contribution in [0.4, 0.5) is 5.69 Å². The fourth-order valence-electron chi connectivity index (χ4n) is 2.85. The first-order chi connectivity index (χ1) is 13.0. The predicted octanol–water partition coefficient (Wildman–Crippen LogP) is 3.97. The molecule has 2 aromatic carbocycles. The molecule has 0 aliphatic heterocycles. The number of nitrogens with one attached hydrogen (secondary N) is 1. The summed E-state index contributed by atoms with van der Waals surface area (Å²) in [6.07, 6.45) is 3.69. The van der Waals surface area contributed by atoms with E-state index < -0.39 is 0 Å². The molecule has 1 amide bonds. The topological polar surface area (TPSA) is 50.2 Å². The number of nitrogens with zero attached hydrogens (tertiary/aromatic N) is 3. The van der Waals surface area contributed by atoms with Gasteiger partial charge in [0.25, 0.3) is 0 Å². The molecular weight excluding hydrogens is 356 g/mol. The number of carbonyl (C=O) groups excluding carboxylic acids is 1. The van der Waals surface area contributed by atoms with Gasteiger partial charge in [-0.15, -0.1) is 0 Å². The summed E-state index contributed by atoms with van der Waals surface area (Å²) in [5.41, 5.74) is 4.23. The van der Waals surface area contributed by atoms with E-state index in [1.807, 2.05) is 55.2 Å². The summed E-state index contributed by atoms with van der Waals surface area (Å²) in [6.45, 7) is 2.91. The Balaban J connectivity index is 1.62. The van der Waals surface area contributed by atoms with Crippen molar-refractivity contribution in [2.75, 3.05) is 25.2 Å². The molecule has 3 aromatic rings. The van der Waals surface area contributed by atoms with E-state index >= 15 is 0 Å². The van der Waals surface area contributed by atoms with Crippen LogP contribution < -0.4 is 5.32 Å². The number of carbonyl (C=O) groups is 1. The number of benzene rings is 2. The van der Waals surface area contributed by atoms with Crippen molar-refractivity contribution in [1.82, 2.24) is 14.5 Å². The highest BCUT2D eigenvalue weighted by Crippen LogP contribution is 2.23. The number of imidazole rings is 1. The predicted molar refractivity (Wildman–Crippen MR) is 111 cm³/mol. The Kier molecular flexibility index (Phi) is 6.32. The number of anilines is 1. The van der Waals surface area contributed by atoms with Gasteiger partial charge in [-0.2, -0.15) is 0 Å². The summed E-state index contributed by atoms with van der Waals surface area (Å²) in [5.74, 6) is 0.266. The maximum Gasteiger partial charge on any atom is 0.234 e. The van der Waals surface area contributed by atoms with Gasteiger partial charge >= 0.3 is 0 Å². The van der Waals surface area contributed by atoms with Crippen molar-refractivity contribution < 1.29 is 4.79 Å². The molecule has 0 saturated carbocycles. The van der Waals surface area contributed by atoms with Crippen molar-refractivity contribution in [3.05, 3.63) is 72.1 Å². The van der Waals surface area contributed by atoms with Gasteiger partial charge in [-0.05, 0) is 50.3 Å². The first-order valence-electron chi connectivity index (χ1n) is 8.78. The average molecular weight is 381 g/mol. The van der Waals surface area contributed by atoms with Crippen LogP contribution in [0.1, 0.15) is 11.1 Å². The van der Waals surface area contributed by atoms with Crippen LogP contribution in [0.5, 0.6) is 0 Å². The van der Waals surface area contributed by atoms with Crippen LogP contribution in [0.2, 0.25) is 0 Å². The van der Waals surface area contributed by atoms with E-state index in [1.54, 1.807) is 6.20 Å². The van der Waals surface area contributed by atoms with Crippen LogP contribution in [0, 0.1) is 6.92 Å². The fourth-order valence-corrected chi connectivity index (χ4v) is 3.62. The quantitative estimate of drug-likeness (QED) is 0.630. The van der Waals surface area contributed by atoms with Gasteiger partial charge in [0.15, 0.2) is 5.16 Å². The highest BCUT2D eigenvalue weighted by atomic mass is 32.2. The lowest BCUT2D eigenvalue weighted by Gasteiger charge is -2.12. The Labute approximate surface area is 164 Å². The molecule has 1 heterocycles. The summed E-state index contributed by atoms with van der Waals surface area (Å²) in [7, 11) is 4.05. The number of aromatic nitrogens is 2. The molecule has 0 radical (unpaired) electrons. The van der Waals surface area contributed by atoms with Gasteiger partial charge in [-0.3, -0.25) is 9.36 Å². The van der Waals surface area contributed by atoms with Crippen LogP contribution >= 0.6 is 11.8 Å². The van der Waals surface area contributed by atoms with Gasteiger partial charge in [0.1, 0.15) is 0 Å². The van der Waals surface area contributed by atoms with Gasteiger partial charge in [0, 0.05) is 24.6 Å². The monoisotopic (exact) mass is 380 g/mol. The maximum atomic E-state index is 12.4. The van der Waals surface area contributed by atoms with Crippen LogP contribution in [0.25, 0.3) is 5.69 Å². The highest BCUT2D eigenvalue weighted by Gasteiger charge is 2.11. The molecular formula is C21H24N4OS. The normalized spacial score (nSPS) is 11.0. The Morgan fingerprint density at radius 2 is 2.00 bits per heavy atom. The number of rotatable bonds is 7. The molecule has 0 aliphatic carbocycles. The van der Waals surface area contributed by atoms with Crippen LogP contribution in [0.3, 0.4) is 0 Å². The molecule has 0 saturated heterocycles. The van der Waals surface area contributed by atoms with Crippen LogP contribution in [-0.2, 0) is 11.3 Å². The Morgan fingerprint density at radius 1 is 1.19 bits per heavy atom. The van der Waals surface area contributed by atoms with Crippen LogP contribution in [-0.4, -0.2) is 40.2 Å². The lowest BCUT2D eigenvalue weighted by Crippen LogP contribution is -2.15. The van der Waals surface area contributed by atoms with Crippen LogP contribution in [0.15, 0.2) is 66.1 Å². The molecule has 3 rings (SSSR count). The first kappa shape index (κ1) is 19.2. The Hall–Kier alpha value is -2.57. The molecule has 1 aromatic heterocycles. The average Bonchev–Trinajstić information content (AvgIpc) is 3.08. The zero-order valence-electron chi connectivity index (χ0n) is 15.8. The van der Waals surface area contributed by atoms with Gasteiger partial charge in [0.05, 0.1) is 11.4 Å². The number of hydrogen-bond acceptors (Lipinski definition) is 4. The molecule has 1 N–H and O–H groups in total. The first-order valence-corrected chi connectivity index (χ1v) is 9.77. The minimum Gasteiger partial charge on any atom is -0.325 e. The summed E-state index contributed by atoms with van der Waals surface area (Å²) < 4.78 is 2.02. The van der Waals surface area contributed by atoms with Gasteiger partial charge in [-0.25, -0.2) is 4.98 Å². The molecule has 27 heavy (non-hydrogen) atoms. The lowest BCUT2D eigenvalue weighted by molar-refractivity contribution is -0.113. The van der Waals surface area contributed by atoms with E-state index in [0.29, 0.717) is 5.75 Å². The number of para-hydroxylation sites is 1.